The number of benzene rings is 2. The minimum atomic E-state index is -0.538. The van der Waals surface area contributed by atoms with Crippen LogP contribution in [0.3, 0.4) is 0 Å². The zero-order chi connectivity index (χ0) is 23.0. The average molecular weight is 476 g/mol. The van der Waals surface area contributed by atoms with Gasteiger partial charge in [0.15, 0.2) is 5.78 Å². The lowest BCUT2D eigenvalue weighted by molar-refractivity contribution is -0.00430. The van der Waals surface area contributed by atoms with Crippen LogP contribution in [0, 0.1) is 13.8 Å². The van der Waals surface area contributed by atoms with Crippen LogP contribution in [0.2, 0.25) is 0 Å². The van der Waals surface area contributed by atoms with Crippen LogP contribution in [-0.4, -0.2) is 42.5 Å². The molecule has 31 heavy (non-hydrogen) atoms. The number of ketones is 1. The number of Topliss-reactive ketones (excluding diaryl/α,β-unsaturated/α-hetero) is 1. The van der Waals surface area contributed by atoms with Gasteiger partial charge in [-0.25, -0.2) is 0 Å². The topological polar surface area (TPSA) is 29.5 Å². The molecule has 0 amide bonds. The zero-order valence-corrected chi connectivity index (χ0v) is 21.9. The molecule has 6 heteroatoms. The minimum absolute atomic E-state index is 0.146. The fourth-order valence-corrected chi connectivity index (χ4v) is 5.87. The fraction of sp³-hybridized carbons (Fsp3) is 0.480. The largest absolute Gasteiger partial charge is 0.379 e. The predicted molar refractivity (Wildman–Crippen MR) is 137 cm³/mol. The molecule has 2 aromatic rings. The molecule has 0 N–H and O–H groups in total. The summed E-state index contributed by atoms with van der Waals surface area (Å²) >= 11 is 11.0. The van der Waals surface area contributed by atoms with Gasteiger partial charge >= 0.3 is 0 Å². The second-order valence-corrected chi connectivity index (χ2v) is 11.8. The highest BCUT2D eigenvalue weighted by Crippen LogP contribution is 2.44. The van der Waals surface area contributed by atoms with Crippen molar-refractivity contribution in [1.29, 1.82) is 0 Å². The second-order valence-electron chi connectivity index (χ2n) is 9.17. The van der Waals surface area contributed by atoms with E-state index in [1.165, 1.54) is 16.7 Å². The first-order valence-corrected chi connectivity index (χ1v) is 12.4. The van der Waals surface area contributed by atoms with Crippen LogP contribution >= 0.6 is 37.0 Å². The van der Waals surface area contributed by atoms with Crippen molar-refractivity contribution in [3.05, 3.63) is 52.6 Å². The Hall–Kier alpha value is -0.920. The third kappa shape index (κ3) is 5.19. The van der Waals surface area contributed by atoms with Gasteiger partial charge in [0.25, 0.3) is 0 Å². The third-order valence-corrected chi connectivity index (χ3v) is 8.68. The molecular formula is C25H33NO2S3. The lowest BCUT2D eigenvalue weighted by atomic mass is 9.91. The summed E-state index contributed by atoms with van der Waals surface area (Å²) in [7, 11) is 0. The number of hydrogen-bond donors (Lipinski definition) is 2. The molecule has 168 valence electrons. The lowest BCUT2D eigenvalue weighted by Crippen LogP contribution is -2.54. The summed E-state index contributed by atoms with van der Waals surface area (Å²) in [5.41, 5.74) is 3.89. The molecule has 1 heterocycles. The van der Waals surface area contributed by atoms with Gasteiger partial charge in [-0.1, -0.05) is 12.1 Å². The molecule has 1 aliphatic heterocycles. The Balaban J connectivity index is 1.79. The summed E-state index contributed by atoms with van der Waals surface area (Å²) in [6.07, 6.45) is 0. The van der Waals surface area contributed by atoms with E-state index in [9.17, 15) is 4.79 Å². The van der Waals surface area contributed by atoms with E-state index in [-0.39, 0.29) is 10.5 Å². The standard InChI is InChI=1S/C25H33NO2S3/c1-16-17(2)22(30)21(29)15-20(16)25(5,6)31-19-9-7-18(8-10-19)23(27)24(3,4)26-11-13-28-14-12-26/h7-10,15,29-30H,11-14H2,1-6H3. The quantitative estimate of drug-likeness (QED) is 0.296. The number of carbonyl (C=O) groups is 1. The fourth-order valence-electron chi connectivity index (χ4n) is 4.15. The highest BCUT2D eigenvalue weighted by molar-refractivity contribution is 8.00. The van der Waals surface area contributed by atoms with Crippen molar-refractivity contribution < 1.29 is 9.53 Å². The molecule has 3 rings (SSSR count). The van der Waals surface area contributed by atoms with Gasteiger partial charge in [0, 0.05) is 38.1 Å². The van der Waals surface area contributed by atoms with Crippen molar-refractivity contribution in [1.82, 2.24) is 4.90 Å². The predicted octanol–water partition coefficient (Wildman–Crippen LogP) is 6.20. The summed E-state index contributed by atoms with van der Waals surface area (Å²) in [5, 5.41) is 0. The highest BCUT2D eigenvalue weighted by Gasteiger charge is 2.36. The number of thiol groups is 2. The van der Waals surface area contributed by atoms with E-state index in [4.69, 9.17) is 4.74 Å². The van der Waals surface area contributed by atoms with Crippen molar-refractivity contribution in [3.63, 3.8) is 0 Å². The van der Waals surface area contributed by atoms with E-state index < -0.39 is 5.54 Å². The normalized spacial score (nSPS) is 15.9. The van der Waals surface area contributed by atoms with Crippen molar-refractivity contribution in [2.75, 3.05) is 26.3 Å². The SMILES string of the molecule is Cc1c(C(C)(C)Sc2ccc(C(=O)C(C)(C)N3CCOCC3)cc2)cc(S)c(S)c1C. The number of rotatable bonds is 6. The average Bonchev–Trinajstić information content (AvgIpc) is 2.75. The first-order valence-electron chi connectivity index (χ1n) is 10.6. The maximum Gasteiger partial charge on any atom is 0.182 e. The van der Waals surface area contributed by atoms with Crippen LogP contribution in [0.1, 0.15) is 54.7 Å². The summed E-state index contributed by atoms with van der Waals surface area (Å²) in [6.45, 7) is 15.7. The highest BCUT2D eigenvalue weighted by atomic mass is 32.2. The number of nitrogens with zero attached hydrogens (tertiary/aromatic N) is 1. The molecule has 3 nitrogen and oxygen atoms in total. The third-order valence-electron chi connectivity index (χ3n) is 6.34. The maximum absolute atomic E-state index is 13.2. The van der Waals surface area contributed by atoms with Gasteiger partial charge in [-0.3, -0.25) is 9.69 Å². The Morgan fingerprint density at radius 3 is 2.16 bits per heavy atom. The molecule has 0 unspecified atom stereocenters. The van der Waals surface area contributed by atoms with E-state index >= 15 is 0 Å². The summed E-state index contributed by atoms with van der Waals surface area (Å²) in [6, 6.07) is 10.2. The van der Waals surface area contributed by atoms with Gasteiger partial charge in [0.1, 0.15) is 0 Å². The zero-order valence-electron chi connectivity index (χ0n) is 19.3. The van der Waals surface area contributed by atoms with E-state index in [1.54, 1.807) is 11.8 Å². The van der Waals surface area contributed by atoms with Crippen LogP contribution in [0.25, 0.3) is 0 Å². The van der Waals surface area contributed by atoms with Crippen molar-refractivity contribution in [2.45, 2.75) is 66.5 Å². The first-order chi connectivity index (χ1) is 14.4. The molecule has 1 aliphatic rings. The molecule has 0 aromatic heterocycles. The lowest BCUT2D eigenvalue weighted by Gasteiger charge is -2.39. The number of thioether (sulfide) groups is 1. The van der Waals surface area contributed by atoms with Crippen molar-refractivity contribution >= 4 is 42.8 Å². The molecule has 0 radical (unpaired) electrons. The second kappa shape index (κ2) is 9.52. The van der Waals surface area contributed by atoms with Gasteiger partial charge in [0.2, 0.25) is 0 Å². The molecule has 1 saturated heterocycles. The van der Waals surface area contributed by atoms with Crippen molar-refractivity contribution in [3.8, 4) is 0 Å². The molecule has 0 saturated carbocycles. The smallest absolute Gasteiger partial charge is 0.182 e. The molecule has 1 fully saturated rings. The van der Waals surface area contributed by atoms with E-state index in [2.05, 4.69) is 76.1 Å². The Kier molecular flexibility index (Phi) is 7.59. The number of carbonyl (C=O) groups excluding carboxylic acids is 1. The van der Waals surface area contributed by atoms with Gasteiger partial charge in [-0.15, -0.1) is 37.0 Å². The van der Waals surface area contributed by atoms with Crippen LogP contribution in [0.15, 0.2) is 45.0 Å². The molecule has 0 atom stereocenters. The van der Waals surface area contributed by atoms with Crippen LogP contribution in [0.5, 0.6) is 0 Å². The summed E-state index contributed by atoms with van der Waals surface area (Å²) in [5.74, 6) is 0.153. The molecule has 2 aromatic carbocycles. The Bertz CT molecular complexity index is 962. The molecule has 0 aliphatic carbocycles. The minimum Gasteiger partial charge on any atom is -0.379 e. The Morgan fingerprint density at radius 2 is 1.58 bits per heavy atom. The summed E-state index contributed by atoms with van der Waals surface area (Å²) < 4.78 is 5.30. The van der Waals surface area contributed by atoms with E-state index in [0.717, 1.165) is 33.3 Å². The maximum atomic E-state index is 13.2. The van der Waals surface area contributed by atoms with Gasteiger partial charge in [-0.2, -0.15) is 0 Å². The number of ether oxygens (including phenoxy) is 1. The van der Waals surface area contributed by atoms with Gasteiger partial charge < -0.3 is 4.74 Å². The number of morpholine rings is 1. The van der Waals surface area contributed by atoms with Crippen LogP contribution in [-0.2, 0) is 9.48 Å². The van der Waals surface area contributed by atoms with Gasteiger partial charge in [-0.05, 0) is 76.4 Å². The molecule has 0 spiro atoms. The summed E-state index contributed by atoms with van der Waals surface area (Å²) in [4.78, 5) is 18.4. The van der Waals surface area contributed by atoms with E-state index in [0.29, 0.717) is 13.2 Å². The molecular weight excluding hydrogens is 442 g/mol. The van der Waals surface area contributed by atoms with Crippen LogP contribution < -0.4 is 0 Å². The number of hydrogen-bond acceptors (Lipinski definition) is 6. The van der Waals surface area contributed by atoms with Gasteiger partial charge in [0.05, 0.1) is 18.8 Å². The van der Waals surface area contributed by atoms with Crippen LogP contribution in [0.4, 0.5) is 0 Å². The van der Waals surface area contributed by atoms with E-state index in [1.807, 2.05) is 26.0 Å². The monoisotopic (exact) mass is 475 g/mol. The Labute approximate surface area is 202 Å². The van der Waals surface area contributed by atoms with Crippen molar-refractivity contribution in [2.24, 2.45) is 0 Å². The first kappa shape index (κ1) is 24.7. The molecule has 0 bridgehead atoms. The Morgan fingerprint density at radius 1 is 1.00 bits per heavy atom.